The Balaban J connectivity index is 1.50. The molecule has 0 spiro atoms. The summed E-state index contributed by atoms with van der Waals surface area (Å²) in [5.41, 5.74) is 5.89. The summed E-state index contributed by atoms with van der Waals surface area (Å²) in [6, 6.07) is 23.5. The zero-order valence-electron chi connectivity index (χ0n) is 21.0. The fourth-order valence-electron chi connectivity index (χ4n) is 4.56. The number of cyclic esters (lactones) is 1. The molecular formula is C28H26N2O8S. The van der Waals surface area contributed by atoms with Gasteiger partial charge in [0.15, 0.2) is 6.10 Å². The van der Waals surface area contributed by atoms with E-state index in [-0.39, 0.29) is 17.7 Å². The van der Waals surface area contributed by atoms with Gasteiger partial charge in [0.05, 0.1) is 11.3 Å². The van der Waals surface area contributed by atoms with Gasteiger partial charge in [-0.25, -0.2) is 13.2 Å². The van der Waals surface area contributed by atoms with E-state index in [1.807, 2.05) is 0 Å². The van der Waals surface area contributed by atoms with E-state index < -0.39 is 51.0 Å². The first-order chi connectivity index (χ1) is 18.6. The molecule has 3 aromatic rings. The molecule has 11 heteroatoms. The second kappa shape index (κ2) is 9.92. The highest BCUT2D eigenvalue weighted by atomic mass is 32.2. The Morgan fingerprint density at radius 2 is 1.51 bits per heavy atom. The first-order valence-electron chi connectivity index (χ1n) is 12.2. The molecule has 2 heterocycles. The van der Waals surface area contributed by atoms with Crippen molar-refractivity contribution in [3.63, 3.8) is 0 Å². The van der Waals surface area contributed by atoms with E-state index in [1.165, 1.54) is 12.1 Å². The summed E-state index contributed by atoms with van der Waals surface area (Å²) in [4.78, 5) is 42.4. The number of carbonyl (C=O) groups excluding carboxylic acids is 3. The number of nitrogens with zero attached hydrogens (tertiary/aromatic N) is 1. The Kier molecular flexibility index (Phi) is 6.75. The molecule has 2 saturated heterocycles. The lowest BCUT2D eigenvalue weighted by atomic mass is 10.0. The number of ether oxygens (including phenoxy) is 2. The Morgan fingerprint density at radius 3 is 2.03 bits per heavy atom. The molecule has 0 aliphatic carbocycles. The van der Waals surface area contributed by atoms with Crippen LogP contribution in [0.5, 0.6) is 0 Å². The normalized spacial score (nSPS) is 23.2. The fraction of sp³-hybridized carbons (Fsp3) is 0.250. The van der Waals surface area contributed by atoms with Crippen LogP contribution in [0.2, 0.25) is 0 Å². The largest absolute Gasteiger partial charge is 0.448 e. The van der Waals surface area contributed by atoms with Crippen LogP contribution in [0.15, 0.2) is 89.8 Å². The number of amides is 1. The van der Waals surface area contributed by atoms with Crippen molar-refractivity contribution in [3.05, 3.63) is 102 Å². The molecule has 2 N–H and O–H groups in total. The van der Waals surface area contributed by atoms with Crippen LogP contribution < -0.4 is 5.73 Å². The Labute approximate surface area is 225 Å². The van der Waals surface area contributed by atoms with Gasteiger partial charge in [0.1, 0.15) is 6.61 Å². The summed E-state index contributed by atoms with van der Waals surface area (Å²) in [5.74, 6) is -3.13. The molecule has 5 rings (SSSR count). The van der Waals surface area contributed by atoms with Crippen molar-refractivity contribution in [2.75, 3.05) is 6.61 Å². The number of nitrogens with two attached hydrogens (primary N) is 1. The third-order valence-corrected chi connectivity index (χ3v) is 8.94. The average molecular weight is 551 g/mol. The maximum absolute atomic E-state index is 13.8. The molecule has 3 aromatic carbocycles. The standard InChI is InChI=1S/C28H26N2O8S/c1-19-12-14-22(15-13-19)39(34,35)27(29)18-36-30(25(27)32)28(17-16-23(31)38-28)26(33)37-24(20-8-4-2-5-9-20)21-10-6-3-7-11-21/h2-15,24H,16-18,29H2,1H3/t27-,28?/m0/s1. The predicted molar refractivity (Wildman–Crippen MR) is 137 cm³/mol. The molecular weight excluding hydrogens is 524 g/mol. The van der Waals surface area contributed by atoms with Crippen LogP contribution in [0.1, 0.15) is 35.6 Å². The molecule has 0 bridgehead atoms. The SMILES string of the molecule is Cc1ccc(S(=O)(=O)[C@@]2(N)CON(C3(C(=O)OC(c4ccccc4)c4ccccc4)CCC(=O)O3)C2=O)cc1. The summed E-state index contributed by atoms with van der Waals surface area (Å²) in [6.45, 7) is 0.984. The zero-order chi connectivity index (χ0) is 27.8. The topological polar surface area (TPSA) is 142 Å². The summed E-state index contributed by atoms with van der Waals surface area (Å²) in [7, 11) is -4.47. The van der Waals surface area contributed by atoms with Crippen LogP contribution in [0.25, 0.3) is 0 Å². The number of sulfone groups is 1. The minimum Gasteiger partial charge on any atom is -0.448 e. The highest BCUT2D eigenvalue weighted by molar-refractivity contribution is 7.93. The van der Waals surface area contributed by atoms with Crippen molar-refractivity contribution in [3.8, 4) is 0 Å². The van der Waals surface area contributed by atoms with Gasteiger partial charge < -0.3 is 15.2 Å². The number of benzene rings is 3. The lowest BCUT2D eigenvalue weighted by molar-refractivity contribution is -0.260. The average Bonchev–Trinajstić information content (AvgIpc) is 3.49. The summed E-state index contributed by atoms with van der Waals surface area (Å²) in [5, 5.41) is 0.457. The Morgan fingerprint density at radius 1 is 0.949 bits per heavy atom. The summed E-state index contributed by atoms with van der Waals surface area (Å²) >= 11 is 0. The molecule has 39 heavy (non-hydrogen) atoms. The smallest absolute Gasteiger partial charge is 0.376 e. The van der Waals surface area contributed by atoms with Gasteiger partial charge >= 0.3 is 17.7 Å². The van der Waals surface area contributed by atoms with Gasteiger partial charge in [-0.2, -0.15) is 5.06 Å². The van der Waals surface area contributed by atoms with Crippen molar-refractivity contribution >= 4 is 27.7 Å². The Bertz CT molecular complexity index is 1470. The second-order valence-electron chi connectivity index (χ2n) is 9.44. The first kappa shape index (κ1) is 26.5. The molecule has 2 aliphatic heterocycles. The number of hydrogen-bond donors (Lipinski definition) is 1. The number of carbonyl (C=O) groups is 3. The molecule has 1 amide bonds. The van der Waals surface area contributed by atoms with Gasteiger partial charge in [-0.05, 0) is 30.2 Å². The third-order valence-electron chi connectivity index (χ3n) is 6.79. The molecule has 0 radical (unpaired) electrons. The molecule has 10 nitrogen and oxygen atoms in total. The van der Waals surface area contributed by atoms with Crippen LogP contribution in [0.3, 0.4) is 0 Å². The van der Waals surface area contributed by atoms with Crippen LogP contribution in [0, 0.1) is 6.92 Å². The van der Waals surface area contributed by atoms with E-state index in [0.29, 0.717) is 16.2 Å². The van der Waals surface area contributed by atoms with Crippen molar-refractivity contribution in [2.24, 2.45) is 5.73 Å². The highest BCUT2D eigenvalue weighted by Crippen LogP contribution is 2.41. The van der Waals surface area contributed by atoms with Crippen molar-refractivity contribution < 1.29 is 37.1 Å². The van der Waals surface area contributed by atoms with E-state index in [0.717, 1.165) is 5.56 Å². The fourth-order valence-corrected chi connectivity index (χ4v) is 5.99. The van der Waals surface area contributed by atoms with Crippen LogP contribution in [-0.4, -0.2) is 48.5 Å². The van der Waals surface area contributed by atoms with Gasteiger partial charge in [-0.15, -0.1) is 0 Å². The number of hydrogen-bond acceptors (Lipinski definition) is 9. The van der Waals surface area contributed by atoms with E-state index in [2.05, 4.69) is 0 Å². The number of esters is 2. The summed E-state index contributed by atoms with van der Waals surface area (Å²) < 4.78 is 38.2. The third kappa shape index (κ3) is 4.48. The number of aryl methyl sites for hydroxylation is 1. The summed E-state index contributed by atoms with van der Waals surface area (Å²) in [6.07, 6.45) is -1.47. The molecule has 1 unspecified atom stereocenters. The number of rotatable bonds is 7. The van der Waals surface area contributed by atoms with Gasteiger partial charge in [0.25, 0.3) is 5.91 Å². The zero-order valence-corrected chi connectivity index (χ0v) is 21.8. The van der Waals surface area contributed by atoms with Crippen LogP contribution in [0.4, 0.5) is 0 Å². The van der Waals surface area contributed by atoms with Crippen LogP contribution >= 0.6 is 0 Å². The Hall–Kier alpha value is -4.06. The van der Waals surface area contributed by atoms with Gasteiger partial charge in [-0.1, -0.05) is 78.4 Å². The van der Waals surface area contributed by atoms with Crippen molar-refractivity contribution in [2.45, 2.75) is 41.4 Å². The molecule has 2 atom stereocenters. The molecule has 2 fully saturated rings. The van der Waals surface area contributed by atoms with Crippen molar-refractivity contribution in [1.29, 1.82) is 0 Å². The molecule has 0 aromatic heterocycles. The van der Waals surface area contributed by atoms with Gasteiger partial charge in [0, 0.05) is 6.42 Å². The molecule has 202 valence electrons. The van der Waals surface area contributed by atoms with Crippen LogP contribution in [-0.2, 0) is 38.5 Å². The second-order valence-corrected chi connectivity index (χ2v) is 11.7. The lowest BCUT2D eigenvalue weighted by Gasteiger charge is -2.34. The monoisotopic (exact) mass is 550 g/mol. The molecule has 2 aliphatic rings. The van der Waals surface area contributed by atoms with E-state index in [4.69, 9.17) is 20.0 Å². The number of hydroxylamine groups is 2. The van der Waals surface area contributed by atoms with Crippen molar-refractivity contribution in [1.82, 2.24) is 5.06 Å². The molecule has 0 saturated carbocycles. The minimum absolute atomic E-state index is 0.192. The highest BCUT2D eigenvalue weighted by Gasteiger charge is 2.66. The minimum atomic E-state index is -4.47. The lowest BCUT2D eigenvalue weighted by Crippen LogP contribution is -2.62. The van der Waals surface area contributed by atoms with Gasteiger partial charge in [0.2, 0.25) is 14.7 Å². The van der Waals surface area contributed by atoms with E-state index in [9.17, 15) is 22.8 Å². The van der Waals surface area contributed by atoms with E-state index >= 15 is 0 Å². The van der Waals surface area contributed by atoms with Gasteiger partial charge in [-0.3, -0.25) is 14.4 Å². The van der Waals surface area contributed by atoms with E-state index in [1.54, 1.807) is 79.7 Å². The maximum Gasteiger partial charge on any atom is 0.376 e. The quantitative estimate of drug-likeness (QED) is 0.439. The predicted octanol–water partition coefficient (Wildman–Crippen LogP) is 2.56. The first-order valence-corrected chi connectivity index (χ1v) is 13.7. The maximum atomic E-state index is 13.8.